The Bertz CT molecular complexity index is 1490. The van der Waals surface area contributed by atoms with Crippen molar-refractivity contribution in [2.45, 2.75) is 63.0 Å². The third-order valence-corrected chi connectivity index (χ3v) is 11.8. The van der Waals surface area contributed by atoms with Crippen LogP contribution in [0.4, 0.5) is 0 Å². The van der Waals surface area contributed by atoms with E-state index in [1.54, 1.807) is 18.2 Å². The summed E-state index contributed by atoms with van der Waals surface area (Å²) in [4.78, 5) is 52.0. The maximum absolute atomic E-state index is 13.9. The molecular weight excluding hydrogens is 583 g/mol. The minimum Gasteiger partial charge on any atom is -0.457 e. The highest BCUT2D eigenvalue weighted by molar-refractivity contribution is 6.29. The molecule has 3 fully saturated rings. The van der Waals surface area contributed by atoms with Gasteiger partial charge >= 0.3 is 11.9 Å². The van der Waals surface area contributed by atoms with Crippen LogP contribution in [-0.2, 0) is 19.1 Å². The molecule has 4 aliphatic rings. The predicted molar refractivity (Wildman–Crippen MR) is 152 cm³/mol. The largest absolute Gasteiger partial charge is 0.457 e. The normalized spacial score (nSPS) is 38.6. The molecule has 6 rings (SSSR count). The maximum Gasteiger partial charge on any atom is 0.375 e. The lowest BCUT2D eigenvalue weighted by Gasteiger charge is -2.64. The Morgan fingerprint density at radius 2 is 1.71 bits per heavy atom. The fraction of sp³-hybridized carbons (Fsp3) is 0.500. The second-order valence-corrected chi connectivity index (χ2v) is 13.3. The van der Waals surface area contributed by atoms with E-state index in [-0.39, 0.29) is 41.4 Å². The number of allylic oxidation sites excluding steroid dienone is 4. The quantitative estimate of drug-likeness (QED) is 0.274. The Morgan fingerprint density at radius 1 is 1.05 bits per heavy atom. The number of carbonyl (C=O) groups is 4. The molecule has 222 valence electrons. The minimum absolute atomic E-state index is 0.0114. The third kappa shape index (κ3) is 3.80. The number of ether oxygens (including phenoxy) is 2. The zero-order valence-corrected chi connectivity index (χ0v) is 25.1. The molecule has 3 saturated carbocycles. The van der Waals surface area contributed by atoms with E-state index in [9.17, 15) is 19.2 Å². The van der Waals surface area contributed by atoms with Crippen LogP contribution in [0.25, 0.3) is 0 Å². The van der Waals surface area contributed by atoms with Crippen LogP contribution in [-0.4, -0.2) is 46.0 Å². The molecule has 0 saturated heterocycles. The van der Waals surface area contributed by atoms with Crippen molar-refractivity contribution in [1.29, 1.82) is 0 Å². The first kappa shape index (κ1) is 29.0. The molecular formula is C32H32Cl2O8. The second kappa shape index (κ2) is 9.98. The van der Waals surface area contributed by atoms with Crippen LogP contribution in [0.3, 0.4) is 0 Å². The van der Waals surface area contributed by atoms with E-state index in [2.05, 4.69) is 0 Å². The predicted octanol–water partition coefficient (Wildman–Crippen LogP) is 6.33. The van der Waals surface area contributed by atoms with Crippen LogP contribution in [0.2, 0.25) is 0 Å². The molecule has 8 atom stereocenters. The van der Waals surface area contributed by atoms with Crippen molar-refractivity contribution in [3.05, 3.63) is 72.1 Å². The number of alkyl halides is 2. The van der Waals surface area contributed by atoms with Crippen molar-refractivity contribution in [2.75, 3.05) is 5.88 Å². The number of fused-ring (bicyclic) bond motifs is 5. The number of esters is 2. The van der Waals surface area contributed by atoms with Gasteiger partial charge in [0.25, 0.3) is 0 Å². The molecule has 4 aliphatic carbocycles. The second-order valence-electron chi connectivity index (χ2n) is 12.4. The Hall–Kier alpha value is -3.10. The monoisotopic (exact) mass is 614 g/mol. The average Bonchev–Trinajstić information content (AvgIpc) is 3.72. The molecule has 8 nitrogen and oxygen atoms in total. The summed E-state index contributed by atoms with van der Waals surface area (Å²) in [7, 11) is 0. The summed E-state index contributed by atoms with van der Waals surface area (Å²) in [5.74, 6) is -3.31. The topological polar surface area (TPSA) is 113 Å². The number of carbonyl (C=O) groups excluding carboxylic acids is 4. The van der Waals surface area contributed by atoms with Crippen molar-refractivity contribution in [3.63, 3.8) is 0 Å². The van der Waals surface area contributed by atoms with Crippen molar-refractivity contribution >= 4 is 46.7 Å². The van der Waals surface area contributed by atoms with Gasteiger partial charge in [-0.15, -0.1) is 23.2 Å². The SMILES string of the molecule is CC1CC2C3CCC4=CC(=O)C=CC4(C)C3(Cl)C(OC(=O)c3ccco3)CC2(C)C1(OC(=O)c1ccco1)C(=O)CCl. The van der Waals surface area contributed by atoms with Gasteiger partial charge in [-0.2, -0.15) is 0 Å². The molecule has 2 aromatic rings. The molecule has 0 aliphatic heterocycles. The summed E-state index contributed by atoms with van der Waals surface area (Å²) in [6, 6.07) is 6.14. The number of ketones is 2. The third-order valence-electron chi connectivity index (χ3n) is 10.6. The highest BCUT2D eigenvalue weighted by atomic mass is 35.5. The van der Waals surface area contributed by atoms with Crippen LogP contribution >= 0.6 is 23.2 Å². The summed E-state index contributed by atoms with van der Waals surface area (Å²) in [6.07, 6.45) is 8.58. The van der Waals surface area contributed by atoms with Crippen molar-refractivity contribution < 1.29 is 37.5 Å². The molecule has 0 amide bonds. The maximum atomic E-state index is 13.9. The summed E-state index contributed by atoms with van der Waals surface area (Å²) >= 11 is 14.1. The van der Waals surface area contributed by atoms with Crippen molar-refractivity contribution in [3.8, 4) is 0 Å². The zero-order valence-electron chi connectivity index (χ0n) is 23.6. The number of hydrogen-bond donors (Lipinski definition) is 0. The van der Waals surface area contributed by atoms with Gasteiger partial charge in [0.2, 0.25) is 11.5 Å². The van der Waals surface area contributed by atoms with Crippen molar-refractivity contribution in [2.24, 2.45) is 28.6 Å². The molecule has 0 N–H and O–H groups in total. The molecule has 0 radical (unpaired) electrons. The Balaban J connectivity index is 1.50. The number of halogens is 2. The molecule has 2 aromatic heterocycles. The summed E-state index contributed by atoms with van der Waals surface area (Å²) in [5.41, 5.74) is -2.59. The lowest BCUT2D eigenvalue weighted by Crippen LogP contribution is -2.70. The van der Waals surface area contributed by atoms with E-state index in [0.717, 1.165) is 5.57 Å². The van der Waals surface area contributed by atoms with E-state index >= 15 is 0 Å². The van der Waals surface area contributed by atoms with Gasteiger partial charge in [-0.3, -0.25) is 9.59 Å². The first-order chi connectivity index (χ1) is 19.9. The lowest BCUT2D eigenvalue weighted by atomic mass is 9.45. The average molecular weight is 616 g/mol. The van der Waals surface area contributed by atoms with Gasteiger partial charge in [0.05, 0.1) is 23.3 Å². The lowest BCUT2D eigenvalue weighted by molar-refractivity contribution is -0.177. The summed E-state index contributed by atoms with van der Waals surface area (Å²) in [5, 5.41) is 0. The first-order valence-electron chi connectivity index (χ1n) is 14.2. The molecule has 0 bridgehead atoms. The van der Waals surface area contributed by atoms with Gasteiger partial charge in [-0.25, -0.2) is 9.59 Å². The van der Waals surface area contributed by atoms with Gasteiger partial charge in [-0.1, -0.05) is 32.4 Å². The molecule has 0 aromatic carbocycles. The molecule has 2 heterocycles. The molecule has 0 spiro atoms. The Morgan fingerprint density at radius 3 is 2.33 bits per heavy atom. The van der Waals surface area contributed by atoms with Crippen LogP contribution in [0.1, 0.15) is 67.6 Å². The number of Topliss-reactive ketones (excluding diaryl/α,β-unsaturated/α-hetero) is 1. The van der Waals surface area contributed by atoms with Crippen LogP contribution in [0.5, 0.6) is 0 Å². The number of furan rings is 2. The number of hydrogen-bond acceptors (Lipinski definition) is 8. The van der Waals surface area contributed by atoms with Crippen LogP contribution < -0.4 is 0 Å². The van der Waals surface area contributed by atoms with Gasteiger partial charge < -0.3 is 18.3 Å². The van der Waals surface area contributed by atoms with E-state index in [0.29, 0.717) is 19.3 Å². The minimum atomic E-state index is -1.63. The smallest absolute Gasteiger partial charge is 0.375 e. The summed E-state index contributed by atoms with van der Waals surface area (Å²) in [6.45, 7) is 5.78. The fourth-order valence-corrected chi connectivity index (χ4v) is 9.53. The highest BCUT2D eigenvalue weighted by Gasteiger charge is 2.77. The first-order valence-corrected chi connectivity index (χ1v) is 15.1. The standard InChI is InChI=1S/C32H32Cl2O8/c1-18-14-22-21-9-8-19-15-20(35)10-11-29(19,2)31(21,34)26(41-27(37)23-6-4-12-39-23)16-30(22,3)32(18,25(36)17-33)42-28(38)24-7-5-13-40-24/h4-7,10-13,15,18,21-22,26H,8-9,14,16-17H2,1-3H3. The van der Waals surface area contributed by atoms with E-state index in [4.69, 9.17) is 41.5 Å². The molecule has 42 heavy (non-hydrogen) atoms. The van der Waals surface area contributed by atoms with E-state index < -0.39 is 51.0 Å². The van der Waals surface area contributed by atoms with E-state index in [1.165, 1.54) is 30.7 Å². The van der Waals surface area contributed by atoms with Gasteiger partial charge in [0.1, 0.15) is 6.10 Å². The zero-order chi connectivity index (χ0) is 30.1. The fourth-order valence-electron chi connectivity index (χ4n) is 8.76. The summed E-state index contributed by atoms with van der Waals surface area (Å²) < 4.78 is 23.1. The van der Waals surface area contributed by atoms with Crippen molar-refractivity contribution in [1.82, 2.24) is 0 Å². The number of rotatable bonds is 6. The van der Waals surface area contributed by atoms with Crippen LogP contribution in [0.15, 0.2) is 69.4 Å². The Labute approximate surface area is 253 Å². The van der Waals surface area contributed by atoms with Gasteiger partial charge in [-0.05, 0) is 73.9 Å². The van der Waals surface area contributed by atoms with E-state index in [1.807, 2.05) is 26.8 Å². The molecule has 8 unspecified atom stereocenters. The molecule has 10 heteroatoms. The van der Waals surface area contributed by atoms with Crippen LogP contribution in [0, 0.1) is 28.6 Å². The van der Waals surface area contributed by atoms with Gasteiger partial charge in [0, 0.05) is 16.7 Å². The van der Waals surface area contributed by atoms with Gasteiger partial charge in [0.15, 0.2) is 17.2 Å². The highest BCUT2D eigenvalue weighted by Crippen LogP contribution is 2.72. The Kier molecular flexibility index (Phi) is 6.89.